The fraction of sp³-hybridized carbons (Fsp3) is 0.467. The SMILES string of the molecule is CCCc1cc2ccc(CC)cc2[s+]1C(F)(F)F.O=S(=O)([O-])C(F)(F)F. The molecule has 1 atom stereocenters. The Morgan fingerprint density at radius 1 is 1.04 bits per heavy atom. The van der Waals surface area contributed by atoms with E-state index in [0.717, 1.165) is 23.8 Å². The summed E-state index contributed by atoms with van der Waals surface area (Å²) < 4.78 is 99.0. The van der Waals surface area contributed by atoms with Gasteiger partial charge in [0, 0.05) is 23.9 Å². The summed E-state index contributed by atoms with van der Waals surface area (Å²) in [6.45, 7) is 3.88. The van der Waals surface area contributed by atoms with Crippen LogP contribution in [0.4, 0.5) is 26.3 Å². The van der Waals surface area contributed by atoms with Gasteiger partial charge in [-0.1, -0.05) is 19.9 Å². The van der Waals surface area contributed by atoms with E-state index in [2.05, 4.69) is 0 Å². The van der Waals surface area contributed by atoms with Gasteiger partial charge in [-0.15, -0.1) is 13.2 Å². The summed E-state index contributed by atoms with van der Waals surface area (Å²) in [4.78, 5) is 0.535. The number of alkyl halides is 6. The van der Waals surface area contributed by atoms with Crippen molar-refractivity contribution in [2.75, 3.05) is 0 Å². The summed E-state index contributed by atoms with van der Waals surface area (Å²) in [7, 11) is -7.80. The molecule has 0 spiro atoms. The highest BCUT2D eigenvalue weighted by atomic mass is 32.2. The van der Waals surface area contributed by atoms with E-state index in [1.165, 1.54) is 0 Å². The van der Waals surface area contributed by atoms with Crippen LogP contribution in [0.5, 0.6) is 0 Å². The monoisotopic (exact) mass is 422 g/mol. The third kappa shape index (κ3) is 5.58. The molecule has 0 bridgehead atoms. The van der Waals surface area contributed by atoms with E-state index >= 15 is 0 Å². The standard InChI is InChI=1S/C14H16F3S.CHF3O3S/c1-3-5-12-9-11-7-6-10(4-2)8-13(11)18(12)14(15,16)17;2-1(3,4)8(5,6)7/h6-9H,3-5H2,1-2H3;(H,5,6,7)/q+1;/p-1. The summed E-state index contributed by atoms with van der Waals surface area (Å²) in [5.74, 6) is 0. The Hall–Kier alpha value is -1.33. The highest BCUT2D eigenvalue weighted by molar-refractivity contribution is 7.86. The Kier molecular flexibility index (Phi) is 7.11. The Morgan fingerprint density at radius 2 is 1.58 bits per heavy atom. The molecule has 1 heterocycles. The topological polar surface area (TPSA) is 57.2 Å². The Morgan fingerprint density at radius 3 is 1.96 bits per heavy atom. The number of halogens is 6. The molecule has 2 rings (SSSR count). The van der Waals surface area contributed by atoms with Gasteiger partial charge in [-0.05, 0) is 24.5 Å². The van der Waals surface area contributed by atoms with Gasteiger partial charge in [-0.2, -0.15) is 13.2 Å². The second-order valence-electron chi connectivity index (χ2n) is 5.24. The van der Waals surface area contributed by atoms with Crippen molar-refractivity contribution in [3.63, 3.8) is 0 Å². The van der Waals surface area contributed by atoms with Crippen LogP contribution in [0, 0.1) is 0 Å². The van der Waals surface area contributed by atoms with Crippen LogP contribution in [0.2, 0.25) is 0 Å². The maximum absolute atomic E-state index is 13.2. The van der Waals surface area contributed by atoms with E-state index in [-0.39, 0.29) is 0 Å². The molecule has 0 saturated carbocycles. The number of benzene rings is 1. The van der Waals surface area contributed by atoms with Crippen molar-refractivity contribution < 1.29 is 39.3 Å². The number of fused-ring (bicyclic) bond motifs is 1. The van der Waals surface area contributed by atoms with Crippen molar-refractivity contribution in [2.45, 2.75) is 44.1 Å². The first-order chi connectivity index (χ1) is 11.7. The predicted octanol–water partition coefficient (Wildman–Crippen LogP) is 5.63. The summed E-state index contributed by atoms with van der Waals surface area (Å²) in [6.07, 6.45) is 2.05. The summed E-state index contributed by atoms with van der Waals surface area (Å²) in [6, 6.07) is 7.20. The fourth-order valence-electron chi connectivity index (χ4n) is 2.16. The Labute approximate surface area is 149 Å². The lowest BCUT2D eigenvalue weighted by atomic mass is 10.1. The Bertz CT molecular complexity index is 851. The second kappa shape index (κ2) is 8.13. The second-order valence-corrected chi connectivity index (χ2v) is 8.65. The van der Waals surface area contributed by atoms with E-state index in [4.69, 9.17) is 13.0 Å². The molecular weight excluding hydrogens is 406 g/mol. The van der Waals surface area contributed by atoms with E-state index < -0.39 is 31.6 Å². The van der Waals surface area contributed by atoms with Crippen LogP contribution in [-0.2, 0) is 28.5 Å². The molecule has 2 aromatic rings. The number of hydrogen-bond acceptors (Lipinski definition) is 3. The lowest BCUT2D eigenvalue weighted by Gasteiger charge is -2.08. The number of hydrogen-bond donors (Lipinski definition) is 0. The molecule has 11 heteroatoms. The van der Waals surface area contributed by atoms with Crippen LogP contribution in [0.3, 0.4) is 0 Å². The molecule has 1 aromatic carbocycles. The van der Waals surface area contributed by atoms with E-state index in [1.54, 1.807) is 12.1 Å². The molecule has 26 heavy (non-hydrogen) atoms. The van der Waals surface area contributed by atoms with Crippen LogP contribution >= 0.6 is 10.5 Å². The maximum atomic E-state index is 13.2. The molecule has 1 aromatic heterocycles. The van der Waals surface area contributed by atoms with Gasteiger partial charge in [0.1, 0.15) is 0 Å². The molecule has 0 radical (unpaired) electrons. The highest BCUT2D eigenvalue weighted by Crippen LogP contribution is 2.51. The number of thiophene rings is 1. The molecular formula is C15H16F6O3S2. The lowest BCUT2D eigenvalue weighted by Crippen LogP contribution is -2.21. The predicted molar refractivity (Wildman–Crippen MR) is 86.9 cm³/mol. The summed E-state index contributed by atoms with van der Waals surface area (Å²) in [5.41, 5.74) is -8.83. The average molecular weight is 422 g/mol. The molecule has 0 aliphatic carbocycles. The van der Waals surface area contributed by atoms with Gasteiger partial charge in [0.15, 0.2) is 19.7 Å². The van der Waals surface area contributed by atoms with Gasteiger partial charge < -0.3 is 4.55 Å². The lowest BCUT2D eigenvalue weighted by molar-refractivity contribution is -0.0867. The summed E-state index contributed by atoms with van der Waals surface area (Å²) in [5, 5.41) is 0.747. The minimum Gasteiger partial charge on any atom is -0.741 e. The van der Waals surface area contributed by atoms with Crippen LogP contribution in [0.15, 0.2) is 24.3 Å². The van der Waals surface area contributed by atoms with E-state index in [9.17, 15) is 26.3 Å². The molecule has 1 unspecified atom stereocenters. The van der Waals surface area contributed by atoms with E-state index in [0.29, 0.717) is 16.0 Å². The molecule has 0 saturated heterocycles. The average Bonchev–Trinajstić information content (AvgIpc) is 2.83. The third-order valence-corrected chi connectivity index (χ3v) is 5.97. The zero-order valence-electron chi connectivity index (χ0n) is 13.7. The van der Waals surface area contributed by atoms with Gasteiger partial charge in [0.25, 0.3) is 0 Å². The fourth-order valence-corrected chi connectivity index (χ4v) is 4.28. The van der Waals surface area contributed by atoms with Crippen LogP contribution in [0.1, 0.15) is 30.7 Å². The zero-order valence-corrected chi connectivity index (χ0v) is 15.4. The first-order valence-corrected chi connectivity index (χ1v) is 10.0. The normalized spacial score (nSPS) is 13.5. The van der Waals surface area contributed by atoms with Gasteiger partial charge in [0.05, 0.1) is 10.5 Å². The van der Waals surface area contributed by atoms with Gasteiger partial charge in [-0.3, -0.25) is 0 Å². The number of aryl methyl sites for hydroxylation is 2. The van der Waals surface area contributed by atoms with Crippen molar-refractivity contribution in [3.05, 3.63) is 34.7 Å². The smallest absolute Gasteiger partial charge is 0.600 e. The first kappa shape index (κ1) is 22.7. The molecule has 0 amide bonds. The van der Waals surface area contributed by atoms with Crippen LogP contribution in [-0.4, -0.2) is 18.5 Å². The van der Waals surface area contributed by atoms with Crippen LogP contribution in [0.25, 0.3) is 10.1 Å². The highest BCUT2D eigenvalue weighted by Gasteiger charge is 2.47. The van der Waals surface area contributed by atoms with Gasteiger partial charge >= 0.3 is 11.0 Å². The third-order valence-electron chi connectivity index (χ3n) is 3.30. The van der Waals surface area contributed by atoms with Crippen LogP contribution < -0.4 is 0 Å². The van der Waals surface area contributed by atoms with Crippen molar-refractivity contribution in [1.29, 1.82) is 0 Å². The minimum atomic E-state index is -6.09. The molecule has 0 aliphatic rings. The van der Waals surface area contributed by atoms with Crippen molar-refractivity contribution in [2.24, 2.45) is 0 Å². The molecule has 0 aliphatic heterocycles. The maximum Gasteiger partial charge on any atom is 0.600 e. The van der Waals surface area contributed by atoms with Crippen molar-refractivity contribution in [1.82, 2.24) is 0 Å². The van der Waals surface area contributed by atoms with Gasteiger partial charge in [0.2, 0.25) is 0 Å². The summed E-state index contributed by atoms with van der Waals surface area (Å²) >= 11 is 0. The quantitative estimate of drug-likeness (QED) is 0.279. The molecule has 0 fully saturated rings. The first-order valence-electron chi connectivity index (χ1n) is 7.39. The van der Waals surface area contributed by atoms with E-state index in [1.807, 2.05) is 26.0 Å². The molecule has 3 nitrogen and oxygen atoms in total. The molecule has 148 valence electrons. The van der Waals surface area contributed by atoms with Crippen molar-refractivity contribution >= 4 is 30.7 Å². The minimum absolute atomic E-state index is 0.463. The largest absolute Gasteiger partial charge is 0.741 e. The van der Waals surface area contributed by atoms with Crippen molar-refractivity contribution in [3.8, 4) is 0 Å². The molecule has 0 N–H and O–H groups in total. The zero-order chi connectivity index (χ0) is 20.3. The van der Waals surface area contributed by atoms with Gasteiger partial charge in [-0.25, -0.2) is 8.42 Å². The number of rotatable bonds is 3. The Balaban J connectivity index is 0.000000359.